The van der Waals surface area contributed by atoms with Crippen LogP contribution in [0, 0.1) is 0 Å². The van der Waals surface area contributed by atoms with Gasteiger partial charge in [0, 0.05) is 29.2 Å². The molecule has 1 heterocycles. The van der Waals surface area contributed by atoms with Crippen molar-refractivity contribution < 1.29 is 9.90 Å². The number of thioether (sulfide) groups is 1. The van der Waals surface area contributed by atoms with Gasteiger partial charge in [-0.05, 0) is 18.2 Å². The molecule has 1 rings (SSSR count). The fourth-order valence-corrected chi connectivity index (χ4v) is 2.89. The Bertz CT molecular complexity index is 328. The second kappa shape index (κ2) is 8.00. The SMILES string of the molecule is O=C(NCCSCCCO)c1cc(S)cs1. The van der Waals surface area contributed by atoms with Gasteiger partial charge in [0.2, 0.25) is 0 Å². The lowest BCUT2D eigenvalue weighted by Gasteiger charge is -2.02. The number of aliphatic hydroxyl groups excluding tert-OH is 1. The number of nitrogens with one attached hydrogen (secondary N) is 1. The first kappa shape index (κ1) is 13.9. The van der Waals surface area contributed by atoms with Gasteiger partial charge in [0.25, 0.3) is 5.91 Å². The molecule has 16 heavy (non-hydrogen) atoms. The Morgan fingerprint density at radius 2 is 2.38 bits per heavy atom. The van der Waals surface area contributed by atoms with Crippen molar-refractivity contribution in [3.8, 4) is 0 Å². The van der Waals surface area contributed by atoms with Crippen LogP contribution in [0.25, 0.3) is 0 Å². The first-order valence-electron chi connectivity index (χ1n) is 4.98. The van der Waals surface area contributed by atoms with Crippen molar-refractivity contribution in [2.45, 2.75) is 11.3 Å². The molecule has 2 N–H and O–H groups in total. The molecule has 0 aliphatic heterocycles. The number of carbonyl (C=O) groups is 1. The molecule has 0 aliphatic rings. The van der Waals surface area contributed by atoms with Gasteiger partial charge in [-0.25, -0.2) is 0 Å². The first-order chi connectivity index (χ1) is 7.74. The third-order valence-electron chi connectivity index (χ3n) is 1.79. The van der Waals surface area contributed by atoms with E-state index < -0.39 is 0 Å². The molecule has 0 saturated heterocycles. The predicted octanol–water partition coefficient (Wildman–Crippen LogP) is 1.88. The maximum atomic E-state index is 11.6. The number of hydrogen-bond donors (Lipinski definition) is 3. The number of carbonyl (C=O) groups excluding carboxylic acids is 1. The highest BCUT2D eigenvalue weighted by Crippen LogP contribution is 2.17. The summed E-state index contributed by atoms with van der Waals surface area (Å²) in [4.78, 5) is 13.1. The molecule has 1 amide bonds. The van der Waals surface area contributed by atoms with E-state index in [2.05, 4.69) is 17.9 Å². The first-order valence-corrected chi connectivity index (χ1v) is 7.46. The zero-order valence-corrected chi connectivity index (χ0v) is 11.3. The molecular weight excluding hydrogens is 262 g/mol. The number of hydrogen-bond acceptors (Lipinski definition) is 5. The molecule has 3 nitrogen and oxygen atoms in total. The van der Waals surface area contributed by atoms with E-state index in [9.17, 15) is 4.79 Å². The number of aliphatic hydroxyl groups is 1. The van der Waals surface area contributed by atoms with Crippen LogP contribution in [0.2, 0.25) is 0 Å². The highest BCUT2D eigenvalue weighted by atomic mass is 32.2. The highest BCUT2D eigenvalue weighted by Gasteiger charge is 2.06. The lowest BCUT2D eigenvalue weighted by molar-refractivity contribution is 0.0960. The zero-order valence-electron chi connectivity index (χ0n) is 8.81. The molecule has 1 aromatic heterocycles. The maximum absolute atomic E-state index is 11.6. The molecule has 0 unspecified atom stereocenters. The number of amides is 1. The minimum Gasteiger partial charge on any atom is -0.396 e. The Hall–Kier alpha value is -0.170. The molecule has 90 valence electrons. The van der Waals surface area contributed by atoms with Crippen LogP contribution in [0.3, 0.4) is 0 Å². The van der Waals surface area contributed by atoms with Gasteiger partial charge in [-0.2, -0.15) is 11.8 Å². The van der Waals surface area contributed by atoms with Gasteiger partial charge in [0.05, 0.1) is 4.88 Å². The van der Waals surface area contributed by atoms with E-state index in [-0.39, 0.29) is 12.5 Å². The van der Waals surface area contributed by atoms with Gasteiger partial charge in [-0.15, -0.1) is 24.0 Å². The average molecular weight is 277 g/mol. The fourth-order valence-electron chi connectivity index (χ4n) is 1.04. The summed E-state index contributed by atoms with van der Waals surface area (Å²) >= 11 is 7.29. The summed E-state index contributed by atoms with van der Waals surface area (Å²) in [5.41, 5.74) is 0. The van der Waals surface area contributed by atoms with Crippen LogP contribution < -0.4 is 5.32 Å². The maximum Gasteiger partial charge on any atom is 0.261 e. The molecule has 0 saturated carbocycles. The number of thiol groups is 1. The van der Waals surface area contributed by atoms with E-state index in [0.717, 1.165) is 22.8 Å². The van der Waals surface area contributed by atoms with Gasteiger partial charge < -0.3 is 10.4 Å². The summed E-state index contributed by atoms with van der Waals surface area (Å²) in [6.45, 7) is 0.897. The summed E-state index contributed by atoms with van der Waals surface area (Å²) in [5.74, 6) is 1.78. The van der Waals surface area contributed by atoms with E-state index in [1.54, 1.807) is 17.8 Å². The van der Waals surface area contributed by atoms with Crippen molar-refractivity contribution >= 4 is 41.6 Å². The smallest absolute Gasteiger partial charge is 0.261 e. The molecule has 0 radical (unpaired) electrons. The second-order valence-electron chi connectivity index (χ2n) is 3.11. The largest absolute Gasteiger partial charge is 0.396 e. The Morgan fingerprint density at radius 1 is 1.56 bits per heavy atom. The van der Waals surface area contributed by atoms with Gasteiger partial charge in [-0.3, -0.25) is 4.79 Å². The van der Waals surface area contributed by atoms with Crippen LogP contribution in [0.5, 0.6) is 0 Å². The molecule has 6 heteroatoms. The monoisotopic (exact) mass is 277 g/mol. The third kappa shape index (κ3) is 5.25. The van der Waals surface area contributed by atoms with E-state index in [4.69, 9.17) is 5.11 Å². The van der Waals surface area contributed by atoms with Crippen molar-refractivity contribution in [1.29, 1.82) is 0 Å². The zero-order chi connectivity index (χ0) is 11.8. The standard InChI is InChI=1S/C10H15NO2S3/c12-3-1-4-15-5-2-11-10(13)9-6-8(14)7-16-9/h6-7,12,14H,1-5H2,(H,11,13). The predicted molar refractivity (Wildman–Crippen MR) is 72.9 cm³/mol. The van der Waals surface area contributed by atoms with E-state index in [0.29, 0.717) is 11.4 Å². The quantitative estimate of drug-likeness (QED) is 0.527. The molecule has 0 bridgehead atoms. The normalized spacial score (nSPS) is 10.4. The minimum absolute atomic E-state index is 0.0342. The summed E-state index contributed by atoms with van der Waals surface area (Å²) in [6, 6.07) is 1.77. The number of rotatable bonds is 7. The summed E-state index contributed by atoms with van der Waals surface area (Å²) in [6.07, 6.45) is 0.812. The van der Waals surface area contributed by atoms with Crippen LogP contribution >= 0.6 is 35.7 Å². The molecule has 0 spiro atoms. The second-order valence-corrected chi connectivity index (χ2v) is 5.77. The Labute approximate surface area is 109 Å². The summed E-state index contributed by atoms with van der Waals surface area (Å²) in [5, 5.41) is 13.3. The van der Waals surface area contributed by atoms with Crippen molar-refractivity contribution in [2.24, 2.45) is 0 Å². The van der Waals surface area contributed by atoms with Crippen LogP contribution in [0.15, 0.2) is 16.3 Å². The van der Waals surface area contributed by atoms with Crippen LogP contribution in [-0.4, -0.2) is 35.7 Å². The van der Waals surface area contributed by atoms with Crippen LogP contribution in [-0.2, 0) is 0 Å². The highest BCUT2D eigenvalue weighted by molar-refractivity contribution is 7.99. The Morgan fingerprint density at radius 3 is 3.00 bits per heavy atom. The van der Waals surface area contributed by atoms with Gasteiger partial charge in [0.1, 0.15) is 0 Å². The molecule has 0 aliphatic carbocycles. The van der Waals surface area contributed by atoms with E-state index in [1.807, 2.05) is 5.38 Å². The fraction of sp³-hybridized carbons (Fsp3) is 0.500. The molecule has 1 aromatic rings. The Kier molecular flexibility index (Phi) is 6.95. The molecule has 0 fully saturated rings. The van der Waals surface area contributed by atoms with Crippen molar-refractivity contribution in [1.82, 2.24) is 5.32 Å². The van der Waals surface area contributed by atoms with Crippen LogP contribution in [0.1, 0.15) is 16.1 Å². The van der Waals surface area contributed by atoms with Crippen molar-refractivity contribution in [3.05, 3.63) is 16.3 Å². The topological polar surface area (TPSA) is 49.3 Å². The van der Waals surface area contributed by atoms with Gasteiger partial charge in [0.15, 0.2) is 0 Å². The van der Waals surface area contributed by atoms with Crippen molar-refractivity contribution in [3.63, 3.8) is 0 Å². The molecular formula is C10H15NO2S3. The molecule has 0 aromatic carbocycles. The third-order valence-corrected chi connectivity index (χ3v) is 4.22. The van der Waals surface area contributed by atoms with Gasteiger partial charge >= 0.3 is 0 Å². The van der Waals surface area contributed by atoms with Gasteiger partial charge in [-0.1, -0.05) is 0 Å². The summed E-state index contributed by atoms with van der Waals surface area (Å²) in [7, 11) is 0. The van der Waals surface area contributed by atoms with E-state index in [1.165, 1.54) is 11.3 Å². The lowest BCUT2D eigenvalue weighted by Crippen LogP contribution is -2.24. The average Bonchev–Trinajstić information content (AvgIpc) is 2.70. The number of thiophene rings is 1. The Balaban J connectivity index is 2.11. The van der Waals surface area contributed by atoms with E-state index >= 15 is 0 Å². The van der Waals surface area contributed by atoms with Crippen molar-refractivity contribution in [2.75, 3.05) is 24.7 Å². The lowest BCUT2D eigenvalue weighted by atomic mass is 10.4. The minimum atomic E-state index is -0.0342. The van der Waals surface area contributed by atoms with Crippen LogP contribution in [0.4, 0.5) is 0 Å². The molecule has 0 atom stereocenters. The summed E-state index contributed by atoms with van der Waals surface area (Å²) < 4.78 is 0.